The number of nitrogens with zero attached hydrogens (tertiary/aromatic N) is 3. The largest absolute Gasteiger partial charge is 0.378 e. The van der Waals surface area contributed by atoms with Crippen LogP contribution in [0.3, 0.4) is 0 Å². The predicted octanol–water partition coefficient (Wildman–Crippen LogP) is 7.07. The van der Waals surface area contributed by atoms with E-state index in [2.05, 4.69) is 61.2 Å². The van der Waals surface area contributed by atoms with Crippen LogP contribution in [0.4, 0.5) is 5.69 Å². The van der Waals surface area contributed by atoms with E-state index in [1.54, 1.807) is 0 Å². The minimum atomic E-state index is 1.08. The molecular weight excluding hydrogens is 386 g/mol. The highest BCUT2D eigenvalue weighted by Crippen LogP contribution is 2.32. The first-order valence-electron chi connectivity index (χ1n) is 11.6. The van der Waals surface area contributed by atoms with Gasteiger partial charge in [0.15, 0.2) is 0 Å². The molecule has 4 heteroatoms. The molecule has 3 rings (SSSR count). The number of benzene rings is 2. The number of aromatic nitrogens is 1. The lowest BCUT2D eigenvalue weighted by Crippen LogP contribution is -2.11. The first-order chi connectivity index (χ1) is 14.6. The molecule has 0 fully saturated rings. The van der Waals surface area contributed by atoms with Crippen LogP contribution in [0.5, 0.6) is 0 Å². The Morgan fingerprint density at radius 3 is 2.27 bits per heavy atom. The average molecular weight is 424 g/mol. The van der Waals surface area contributed by atoms with Crippen molar-refractivity contribution in [3.8, 4) is 10.6 Å². The fourth-order valence-electron chi connectivity index (χ4n) is 4.01. The smallest absolute Gasteiger partial charge is 0.0814 e. The van der Waals surface area contributed by atoms with E-state index in [1.807, 2.05) is 18.4 Å². The van der Waals surface area contributed by atoms with Crippen molar-refractivity contribution >= 4 is 27.2 Å². The highest BCUT2D eigenvalue weighted by atomic mass is 32.1. The van der Waals surface area contributed by atoms with E-state index in [4.69, 9.17) is 4.98 Å². The standard InChI is InChI=1S/C26H37N3S/c1-5-6-7-8-9-10-11-12-13-14-20-17-24-26(19-23(20)27-2)30-25-18-21(29(3)4)15-16-22(25)28-24/h15-19H,5-14H2,1-4H3/b27-23-. The molecular formula is C26H37N3S. The molecule has 0 N–H and O–H groups in total. The molecule has 0 bridgehead atoms. The highest BCUT2D eigenvalue weighted by Gasteiger charge is 2.11. The fraction of sp³-hybridized carbons (Fsp3) is 0.538. The summed E-state index contributed by atoms with van der Waals surface area (Å²) in [6.45, 7) is 2.28. The van der Waals surface area contributed by atoms with Crippen molar-refractivity contribution in [1.29, 1.82) is 0 Å². The number of hydrogen-bond acceptors (Lipinski definition) is 4. The summed E-state index contributed by atoms with van der Waals surface area (Å²) in [6, 6.07) is 11.0. The van der Waals surface area contributed by atoms with Gasteiger partial charge in [0.25, 0.3) is 0 Å². The Morgan fingerprint density at radius 1 is 0.900 bits per heavy atom. The molecule has 1 aromatic carbocycles. The van der Waals surface area contributed by atoms with Gasteiger partial charge in [-0.2, -0.15) is 0 Å². The van der Waals surface area contributed by atoms with Crippen LogP contribution < -0.4 is 10.3 Å². The number of rotatable bonds is 11. The van der Waals surface area contributed by atoms with Crippen LogP contribution in [0, 0.1) is 0 Å². The van der Waals surface area contributed by atoms with Crippen molar-refractivity contribution < 1.29 is 0 Å². The zero-order valence-corrected chi connectivity index (χ0v) is 20.0. The molecule has 1 heterocycles. The third-order valence-corrected chi connectivity index (χ3v) is 6.97. The number of unbranched alkanes of at least 4 members (excludes halogenated alkanes) is 8. The van der Waals surface area contributed by atoms with Crippen LogP contribution in [-0.4, -0.2) is 26.1 Å². The third-order valence-electron chi connectivity index (χ3n) is 5.87. The van der Waals surface area contributed by atoms with Gasteiger partial charge >= 0.3 is 0 Å². The average Bonchev–Trinajstić information content (AvgIpc) is 2.75. The molecule has 30 heavy (non-hydrogen) atoms. The highest BCUT2D eigenvalue weighted by molar-refractivity contribution is 7.21. The Labute approximate surface area is 186 Å². The SMILES string of the molecule is CCCCCCCCCCCc1cc2nc3ccc(N(C)C)cc3sc-2c/c1=N/C. The summed E-state index contributed by atoms with van der Waals surface area (Å²) in [4.78, 5) is 12.9. The van der Waals surface area contributed by atoms with Crippen molar-refractivity contribution in [2.45, 2.75) is 71.1 Å². The summed E-state index contributed by atoms with van der Waals surface area (Å²) in [5.41, 5.74) is 4.73. The molecule has 3 nitrogen and oxygen atoms in total. The van der Waals surface area contributed by atoms with Crippen molar-refractivity contribution in [2.75, 3.05) is 26.0 Å². The minimum Gasteiger partial charge on any atom is -0.378 e. The summed E-state index contributed by atoms with van der Waals surface area (Å²) < 4.78 is 1.22. The van der Waals surface area contributed by atoms with E-state index in [0.717, 1.165) is 23.0 Å². The Balaban J connectivity index is 1.66. The molecule has 162 valence electrons. The quantitative estimate of drug-likeness (QED) is 0.244. The van der Waals surface area contributed by atoms with Crippen LogP contribution in [0.1, 0.15) is 70.3 Å². The van der Waals surface area contributed by atoms with E-state index < -0.39 is 0 Å². The molecule has 0 saturated heterocycles. The third kappa shape index (κ3) is 6.04. The molecule has 0 saturated carbocycles. The summed E-state index contributed by atoms with van der Waals surface area (Å²) in [5, 5.41) is 1.13. The second-order valence-corrected chi connectivity index (χ2v) is 9.59. The lowest BCUT2D eigenvalue weighted by Gasteiger charge is -2.14. The molecule has 0 amide bonds. The zero-order valence-electron chi connectivity index (χ0n) is 19.2. The van der Waals surface area contributed by atoms with Gasteiger partial charge in [0, 0.05) is 26.8 Å². The van der Waals surface area contributed by atoms with Crippen molar-refractivity contribution in [2.24, 2.45) is 4.99 Å². The maximum absolute atomic E-state index is 4.96. The van der Waals surface area contributed by atoms with Gasteiger partial charge in [-0.3, -0.25) is 4.99 Å². The number of hydrogen-bond donors (Lipinski definition) is 0. The topological polar surface area (TPSA) is 28.5 Å². The Bertz CT molecular complexity index is 974. The van der Waals surface area contributed by atoms with Crippen LogP contribution in [0.2, 0.25) is 0 Å². The van der Waals surface area contributed by atoms with Crippen molar-refractivity contribution in [3.63, 3.8) is 0 Å². The van der Waals surface area contributed by atoms with Gasteiger partial charge in [-0.15, -0.1) is 11.3 Å². The monoisotopic (exact) mass is 423 g/mol. The van der Waals surface area contributed by atoms with Gasteiger partial charge in [-0.1, -0.05) is 58.3 Å². The van der Waals surface area contributed by atoms with Crippen LogP contribution >= 0.6 is 11.3 Å². The number of aryl methyl sites for hydroxylation is 1. The lowest BCUT2D eigenvalue weighted by molar-refractivity contribution is 0.564. The van der Waals surface area contributed by atoms with Gasteiger partial charge in [0.1, 0.15) is 0 Å². The van der Waals surface area contributed by atoms with Gasteiger partial charge in [0.2, 0.25) is 0 Å². The summed E-state index contributed by atoms with van der Waals surface area (Å²) >= 11 is 1.81. The van der Waals surface area contributed by atoms with E-state index in [1.165, 1.54) is 78.6 Å². The second kappa shape index (κ2) is 11.5. The van der Waals surface area contributed by atoms with E-state index >= 15 is 0 Å². The van der Waals surface area contributed by atoms with E-state index in [9.17, 15) is 0 Å². The molecule has 0 spiro atoms. The number of anilines is 1. The molecule has 0 unspecified atom stereocenters. The molecule has 0 aromatic heterocycles. The zero-order chi connectivity index (χ0) is 21.3. The maximum atomic E-state index is 4.96. The van der Waals surface area contributed by atoms with Gasteiger partial charge in [-0.25, -0.2) is 4.98 Å². The van der Waals surface area contributed by atoms with Crippen LogP contribution in [-0.2, 0) is 6.42 Å². The summed E-state index contributed by atoms with van der Waals surface area (Å²) in [7, 11) is 6.06. The minimum absolute atomic E-state index is 1.08. The first-order valence-corrected chi connectivity index (χ1v) is 12.4. The summed E-state index contributed by atoms with van der Waals surface area (Å²) in [5.74, 6) is 0. The molecule has 2 aliphatic rings. The lowest BCUT2D eigenvalue weighted by atomic mass is 10.0. The van der Waals surface area contributed by atoms with Crippen molar-refractivity contribution in [3.05, 3.63) is 41.3 Å². The molecule has 1 aliphatic heterocycles. The predicted molar refractivity (Wildman–Crippen MR) is 133 cm³/mol. The molecule has 1 aromatic rings. The van der Waals surface area contributed by atoms with Gasteiger partial charge in [0.05, 0.1) is 26.1 Å². The summed E-state index contributed by atoms with van der Waals surface area (Å²) in [6.07, 6.45) is 13.4. The Kier molecular flexibility index (Phi) is 8.68. The normalized spacial score (nSPS) is 12.2. The maximum Gasteiger partial charge on any atom is 0.0814 e. The molecule has 0 atom stereocenters. The van der Waals surface area contributed by atoms with Gasteiger partial charge < -0.3 is 4.90 Å². The van der Waals surface area contributed by atoms with Gasteiger partial charge in [-0.05, 0) is 48.7 Å². The van der Waals surface area contributed by atoms with Crippen LogP contribution in [0.25, 0.3) is 20.8 Å². The first kappa shape index (κ1) is 22.7. The Hall–Kier alpha value is -1.94. The van der Waals surface area contributed by atoms with Crippen molar-refractivity contribution in [1.82, 2.24) is 4.98 Å². The van der Waals surface area contributed by atoms with E-state index in [0.29, 0.717) is 0 Å². The molecule has 1 aliphatic carbocycles. The Morgan fingerprint density at radius 2 is 1.60 bits per heavy atom. The fourth-order valence-corrected chi connectivity index (χ4v) is 5.02. The molecule has 0 radical (unpaired) electrons. The number of fused-ring (bicyclic) bond motifs is 2. The second-order valence-electron chi connectivity index (χ2n) is 8.51. The van der Waals surface area contributed by atoms with Crippen LogP contribution in [0.15, 0.2) is 35.3 Å². The van der Waals surface area contributed by atoms with E-state index in [-0.39, 0.29) is 0 Å².